The molecule has 5 unspecified atom stereocenters. The Balaban J connectivity index is 1.47. The van der Waals surface area contributed by atoms with Gasteiger partial charge in [-0.15, -0.1) is 0 Å². The molecule has 3 fully saturated rings. The van der Waals surface area contributed by atoms with Crippen LogP contribution in [0.4, 0.5) is 0 Å². The van der Waals surface area contributed by atoms with Crippen LogP contribution in [-0.4, -0.2) is 0 Å². The van der Waals surface area contributed by atoms with Gasteiger partial charge in [-0.3, -0.25) is 0 Å². The summed E-state index contributed by atoms with van der Waals surface area (Å²) >= 11 is 0. The zero-order chi connectivity index (χ0) is 20.1. The molecule has 4 aliphatic rings. The van der Waals surface area contributed by atoms with Gasteiger partial charge in [0, 0.05) is 0 Å². The molecule has 0 heteroatoms. The highest BCUT2D eigenvalue weighted by Gasteiger charge is 2.58. The molecule has 0 heterocycles. The second kappa shape index (κ2) is 7.77. The molecule has 0 bridgehead atoms. The van der Waals surface area contributed by atoms with Gasteiger partial charge in [-0.2, -0.15) is 0 Å². The Kier molecular flexibility index (Phi) is 5.83. The molecule has 0 radical (unpaired) electrons. The lowest BCUT2D eigenvalue weighted by molar-refractivity contribution is -0.107. The molecule has 0 saturated heterocycles. The molecule has 0 aromatic heterocycles. The van der Waals surface area contributed by atoms with Gasteiger partial charge in [0.2, 0.25) is 0 Å². The van der Waals surface area contributed by atoms with Crippen molar-refractivity contribution in [1.82, 2.24) is 0 Å². The third-order valence-electron chi connectivity index (χ3n) is 10.5. The number of fused-ring (bicyclic) bond motifs is 5. The van der Waals surface area contributed by atoms with E-state index in [1.54, 1.807) is 6.42 Å². The summed E-state index contributed by atoms with van der Waals surface area (Å²) in [7, 11) is 0. The van der Waals surface area contributed by atoms with E-state index in [0.29, 0.717) is 10.8 Å². The summed E-state index contributed by atoms with van der Waals surface area (Å²) in [6.45, 7) is 15.2. The second-order valence-corrected chi connectivity index (χ2v) is 12.6. The fraction of sp³-hybridized carbons (Fsp3) is 0.929. The summed E-state index contributed by atoms with van der Waals surface area (Å²) in [6.07, 6.45) is 19.0. The highest BCUT2D eigenvalue weighted by molar-refractivity contribution is 5.27. The number of allylic oxidation sites excluding steroid dienone is 2. The van der Waals surface area contributed by atoms with E-state index < -0.39 is 0 Å². The van der Waals surface area contributed by atoms with Crippen LogP contribution in [0, 0.1) is 52.3 Å². The molecular weight excluding hydrogens is 336 g/mol. The second-order valence-electron chi connectivity index (χ2n) is 12.6. The largest absolute Gasteiger partial charge is 0.0842 e. The first-order chi connectivity index (χ1) is 13.3. The maximum atomic E-state index is 2.74. The van der Waals surface area contributed by atoms with Crippen molar-refractivity contribution < 1.29 is 0 Å². The van der Waals surface area contributed by atoms with E-state index >= 15 is 0 Å². The van der Waals surface area contributed by atoms with Crippen LogP contribution >= 0.6 is 0 Å². The third kappa shape index (κ3) is 3.43. The summed E-state index contributed by atoms with van der Waals surface area (Å²) in [5.74, 6) is 6.70. The van der Waals surface area contributed by atoms with E-state index in [9.17, 15) is 0 Å². The minimum absolute atomic E-state index is 0.531. The molecule has 4 aliphatic carbocycles. The minimum Gasteiger partial charge on any atom is -0.0842 e. The average Bonchev–Trinajstić information content (AvgIpc) is 2.99. The van der Waals surface area contributed by atoms with Crippen molar-refractivity contribution in [2.75, 3.05) is 0 Å². The molecule has 0 amide bonds. The van der Waals surface area contributed by atoms with Crippen molar-refractivity contribution in [3.8, 4) is 0 Å². The first-order valence-electron chi connectivity index (χ1n) is 13.0. The Morgan fingerprint density at radius 3 is 2.50 bits per heavy atom. The van der Waals surface area contributed by atoms with E-state index in [2.05, 4.69) is 47.6 Å². The topological polar surface area (TPSA) is 0 Å². The predicted octanol–water partition coefficient (Wildman–Crippen LogP) is 8.66. The Labute approximate surface area is 176 Å². The molecule has 0 nitrogen and oxygen atoms in total. The average molecular weight is 385 g/mol. The van der Waals surface area contributed by atoms with Gasteiger partial charge >= 0.3 is 0 Å². The molecule has 8 atom stereocenters. The maximum Gasteiger partial charge on any atom is -0.00797 e. The molecule has 160 valence electrons. The van der Waals surface area contributed by atoms with Gasteiger partial charge < -0.3 is 0 Å². The van der Waals surface area contributed by atoms with Crippen molar-refractivity contribution in [3.63, 3.8) is 0 Å². The van der Waals surface area contributed by atoms with Crippen LogP contribution in [0.25, 0.3) is 0 Å². The van der Waals surface area contributed by atoms with E-state index in [1.807, 2.05) is 5.57 Å². The van der Waals surface area contributed by atoms with Crippen LogP contribution in [0.5, 0.6) is 0 Å². The minimum atomic E-state index is 0.531. The summed E-state index contributed by atoms with van der Waals surface area (Å²) in [5.41, 5.74) is 3.08. The summed E-state index contributed by atoms with van der Waals surface area (Å²) in [4.78, 5) is 0. The van der Waals surface area contributed by atoms with Crippen molar-refractivity contribution in [1.29, 1.82) is 0 Å². The Bertz CT molecular complexity index is 585. The van der Waals surface area contributed by atoms with Gasteiger partial charge in [-0.05, 0) is 104 Å². The highest BCUT2D eigenvalue weighted by atomic mass is 14.6. The van der Waals surface area contributed by atoms with Crippen molar-refractivity contribution in [3.05, 3.63) is 11.6 Å². The smallest absolute Gasteiger partial charge is 0.00797 e. The number of hydrogen-bond donors (Lipinski definition) is 0. The first kappa shape index (κ1) is 21.0. The fourth-order valence-electron chi connectivity index (χ4n) is 8.82. The third-order valence-corrected chi connectivity index (χ3v) is 10.5. The van der Waals surface area contributed by atoms with Gasteiger partial charge in [-0.25, -0.2) is 0 Å². The standard InChI is InChI=1S/C28H48/c1-19(2)8-7-9-21(4)24-12-13-25-23-11-10-22-18-20(3)14-16-27(22,5)26(23)15-17-28(24,25)6/h12,19-23,25-26H,7-11,13-18H2,1-6H3/t20-,21?,22?,23-,25?,26?,27-,28?/m0/s1. The zero-order valence-electron chi connectivity index (χ0n) is 19.9. The summed E-state index contributed by atoms with van der Waals surface area (Å²) < 4.78 is 0. The fourth-order valence-corrected chi connectivity index (χ4v) is 8.82. The van der Waals surface area contributed by atoms with Crippen LogP contribution in [0.2, 0.25) is 0 Å². The van der Waals surface area contributed by atoms with Gasteiger partial charge in [0.05, 0.1) is 0 Å². The molecule has 0 aromatic rings. The molecular formula is C28H48. The molecule has 0 aromatic carbocycles. The molecule has 0 aliphatic heterocycles. The quantitative estimate of drug-likeness (QED) is 0.416. The van der Waals surface area contributed by atoms with Gasteiger partial charge in [0.25, 0.3) is 0 Å². The number of hydrogen-bond acceptors (Lipinski definition) is 0. The molecule has 3 saturated carbocycles. The van der Waals surface area contributed by atoms with Crippen LogP contribution < -0.4 is 0 Å². The summed E-state index contributed by atoms with van der Waals surface area (Å²) in [5, 5.41) is 0. The van der Waals surface area contributed by atoms with E-state index in [4.69, 9.17) is 0 Å². The monoisotopic (exact) mass is 384 g/mol. The molecule has 4 rings (SSSR count). The Morgan fingerprint density at radius 2 is 1.75 bits per heavy atom. The highest BCUT2D eigenvalue weighted by Crippen LogP contribution is 2.67. The van der Waals surface area contributed by atoms with Crippen molar-refractivity contribution in [2.24, 2.45) is 52.3 Å². The van der Waals surface area contributed by atoms with Crippen LogP contribution in [0.15, 0.2) is 11.6 Å². The predicted molar refractivity (Wildman–Crippen MR) is 122 cm³/mol. The lowest BCUT2D eigenvalue weighted by Gasteiger charge is -2.61. The molecule has 0 spiro atoms. The maximum absolute atomic E-state index is 2.74. The van der Waals surface area contributed by atoms with Crippen LogP contribution in [0.1, 0.15) is 112 Å². The first-order valence-corrected chi connectivity index (χ1v) is 13.0. The SMILES string of the molecule is CC(C)CCCC(C)C1=CCC2[C@@H]3CCC4C[C@@H](C)CC[C@]4(C)C3CCC12C. The molecule has 28 heavy (non-hydrogen) atoms. The lowest BCUT2D eigenvalue weighted by Crippen LogP contribution is -2.53. The van der Waals surface area contributed by atoms with Gasteiger partial charge in [-0.1, -0.05) is 72.5 Å². The number of rotatable bonds is 5. The zero-order valence-corrected chi connectivity index (χ0v) is 19.9. The Hall–Kier alpha value is -0.260. The summed E-state index contributed by atoms with van der Waals surface area (Å²) in [6, 6.07) is 0. The van der Waals surface area contributed by atoms with E-state index in [1.165, 1.54) is 64.2 Å². The Morgan fingerprint density at radius 1 is 0.964 bits per heavy atom. The lowest BCUT2D eigenvalue weighted by atomic mass is 9.44. The van der Waals surface area contributed by atoms with Crippen LogP contribution in [-0.2, 0) is 0 Å². The van der Waals surface area contributed by atoms with E-state index in [-0.39, 0.29) is 0 Å². The normalized spacial score (nSPS) is 46.5. The molecule has 0 N–H and O–H groups in total. The van der Waals surface area contributed by atoms with Gasteiger partial charge in [0.15, 0.2) is 0 Å². The van der Waals surface area contributed by atoms with Crippen molar-refractivity contribution in [2.45, 2.75) is 112 Å². The van der Waals surface area contributed by atoms with Crippen LogP contribution in [0.3, 0.4) is 0 Å². The van der Waals surface area contributed by atoms with Gasteiger partial charge in [0.1, 0.15) is 0 Å². The van der Waals surface area contributed by atoms with Crippen molar-refractivity contribution >= 4 is 0 Å². The van der Waals surface area contributed by atoms with E-state index in [0.717, 1.165) is 41.4 Å².